The minimum atomic E-state index is -0.412. The molecule has 0 aliphatic carbocycles. The molecule has 1 atom stereocenters. The van der Waals surface area contributed by atoms with Gasteiger partial charge in [-0.05, 0) is 73.0 Å². The first kappa shape index (κ1) is 19.0. The van der Waals surface area contributed by atoms with E-state index in [-0.39, 0.29) is 17.2 Å². The van der Waals surface area contributed by atoms with Gasteiger partial charge in [-0.15, -0.1) is 0 Å². The van der Waals surface area contributed by atoms with E-state index in [9.17, 15) is 9.59 Å². The number of carbonyl (C=O) groups is 2. The summed E-state index contributed by atoms with van der Waals surface area (Å²) in [6.45, 7) is 3.53. The first-order valence-electron chi connectivity index (χ1n) is 10.0. The van der Waals surface area contributed by atoms with Crippen LogP contribution in [-0.4, -0.2) is 60.5 Å². The molecule has 0 saturated carbocycles. The molecule has 4 rings (SSSR count). The van der Waals surface area contributed by atoms with Crippen molar-refractivity contribution in [1.82, 2.24) is 9.80 Å². The number of furan rings is 1. The van der Waals surface area contributed by atoms with E-state index in [0.717, 1.165) is 51.6 Å². The third-order valence-electron chi connectivity index (χ3n) is 6.40. The molecule has 3 aliphatic rings. The highest BCUT2D eigenvalue weighted by molar-refractivity contribution is 9.10. The predicted molar refractivity (Wildman–Crippen MR) is 103 cm³/mol. The second-order valence-corrected chi connectivity index (χ2v) is 8.75. The maximum absolute atomic E-state index is 13.6. The zero-order valence-electron chi connectivity index (χ0n) is 15.6. The van der Waals surface area contributed by atoms with Crippen molar-refractivity contribution in [2.75, 3.05) is 32.8 Å². The minimum Gasteiger partial charge on any atom is -0.444 e. The lowest BCUT2D eigenvalue weighted by Crippen LogP contribution is -2.63. The molecule has 3 fully saturated rings. The number of rotatable bonds is 2. The Balaban J connectivity index is 1.66. The number of amides is 2. The maximum Gasteiger partial charge on any atom is 0.290 e. The number of carbonyl (C=O) groups excluding carboxylic acids is 2. The van der Waals surface area contributed by atoms with E-state index in [2.05, 4.69) is 15.9 Å². The fourth-order valence-corrected chi connectivity index (χ4v) is 5.28. The second-order valence-electron chi connectivity index (χ2n) is 7.97. The van der Waals surface area contributed by atoms with Crippen LogP contribution in [0.25, 0.3) is 0 Å². The van der Waals surface area contributed by atoms with Gasteiger partial charge in [0.25, 0.3) is 5.91 Å². The van der Waals surface area contributed by atoms with Crippen LogP contribution in [0.1, 0.15) is 55.5 Å². The Bertz CT molecular complexity index is 686. The van der Waals surface area contributed by atoms with Gasteiger partial charge in [-0.2, -0.15) is 0 Å². The Morgan fingerprint density at radius 3 is 2.41 bits per heavy atom. The van der Waals surface area contributed by atoms with Crippen LogP contribution in [0.15, 0.2) is 21.2 Å². The molecule has 3 saturated heterocycles. The summed E-state index contributed by atoms with van der Waals surface area (Å²) in [6.07, 6.45) is 6.84. The molecule has 7 heteroatoms. The fraction of sp³-hybridized carbons (Fsp3) is 0.700. The van der Waals surface area contributed by atoms with Crippen LogP contribution >= 0.6 is 15.9 Å². The molecule has 0 radical (unpaired) electrons. The smallest absolute Gasteiger partial charge is 0.290 e. The summed E-state index contributed by atoms with van der Waals surface area (Å²) in [4.78, 5) is 30.6. The van der Waals surface area contributed by atoms with E-state index in [0.29, 0.717) is 30.2 Å². The second kappa shape index (κ2) is 7.95. The highest BCUT2D eigenvalue weighted by Gasteiger charge is 2.52. The van der Waals surface area contributed by atoms with Gasteiger partial charge in [0.15, 0.2) is 10.4 Å². The first-order chi connectivity index (χ1) is 13.1. The Hall–Kier alpha value is -1.34. The van der Waals surface area contributed by atoms with Crippen molar-refractivity contribution in [2.24, 2.45) is 5.41 Å². The molecular formula is C20H27BrN2O4. The molecule has 1 aromatic heterocycles. The van der Waals surface area contributed by atoms with Crippen molar-refractivity contribution in [3.05, 3.63) is 22.6 Å². The summed E-state index contributed by atoms with van der Waals surface area (Å²) >= 11 is 3.27. The summed E-state index contributed by atoms with van der Waals surface area (Å²) in [5.41, 5.74) is -0.176. The zero-order valence-corrected chi connectivity index (χ0v) is 17.2. The lowest BCUT2D eigenvalue weighted by Gasteiger charge is -2.52. The molecule has 4 heterocycles. The van der Waals surface area contributed by atoms with Crippen LogP contribution in [-0.2, 0) is 9.53 Å². The normalized spacial score (nSPS) is 25.6. The van der Waals surface area contributed by atoms with Gasteiger partial charge in [0.2, 0.25) is 5.91 Å². The predicted octanol–water partition coefficient (Wildman–Crippen LogP) is 3.46. The average Bonchev–Trinajstić information content (AvgIpc) is 3.14. The first-order valence-corrected chi connectivity index (χ1v) is 10.8. The van der Waals surface area contributed by atoms with Gasteiger partial charge in [-0.3, -0.25) is 9.59 Å². The number of hydrogen-bond donors (Lipinski definition) is 0. The van der Waals surface area contributed by atoms with Crippen LogP contribution in [0.5, 0.6) is 0 Å². The number of halogens is 1. The van der Waals surface area contributed by atoms with Gasteiger partial charge in [-0.1, -0.05) is 0 Å². The number of nitrogens with zero attached hydrogens (tertiary/aromatic N) is 2. The molecule has 3 aliphatic heterocycles. The third-order valence-corrected chi connectivity index (χ3v) is 6.83. The molecule has 27 heavy (non-hydrogen) atoms. The van der Waals surface area contributed by atoms with Crippen LogP contribution in [0.2, 0.25) is 0 Å². The molecular weight excluding hydrogens is 412 g/mol. The van der Waals surface area contributed by atoms with Crippen molar-refractivity contribution in [1.29, 1.82) is 0 Å². The molecule has 148 valence electrons. The molecule has 1 aromatic rings. The summed E-state index contributed by atoms with van der Waals surface area (Å²) < 4.78 is 11.7. The third kappa shape index (κ3) is 3.68. The van der Waals surface area contributed by atoms with Gasteiger partial charge in [0.05, 0.1) is 0 Å². The Labute approximate surface area is 168 Å². The van der Waals surface area contributed by atoms with Gasteiger partial charge >= 0.3 is 0 Å². The van der Waals surface area contributed by atoms with Gasteiger partial charge in [0, 0.05) is 38.3 Å². The van der Waals surface area contributed by atoms with Crippen molar-refractivity contribution in [3.63, 3.8) is 0 Å². The van der Waals surface area contributed by atoms with E-state index >= 15 is 0 Å². The van der Waals surface area contributed by atoms with Crippen LogP contribution < -0.4 is 0 Å². The largest absolute Gasteiger partial charge is 0.444 e. The van der Waals surface area contributed by atoms with Crippen LogP contribution in [0, 0.1) is 5.41 Å². The van der Waals surface area contributed by atoms with E-state index < -0.39 is 6.04 Å². The van der Waals surface area contributed by atoms with E-state index in [1.165, 1.54) is 6.42 Å². The Morgan fingerprint density at radius 2 is 1.74 bits per heavy atom. The van der Waals surface area contributed by atoms with Crippen molar-refractivity contribution in [2.45, 2.75) is 51.0 Å². The molecule has 1 spiro atoms. The monoisotopic (exact) mass is 438 g/mol. The Morgan fingerprint density at radius 1 is 1.00 bits per heavy atom. The highest BCUT2D eigenvalue weighted by Crippen LogP contribution is 2.45. The number of ether oxygens (including phenoxy) is 1. The highest BCUT2D eigenvalue weighted by atomic mass is 79.9. The minimum absolute atomic E-state index is 0.121. The molecule has 0 N–H and O–H groups in total. The molecule has 6 nitrogen and oxygen atoms in total. The Kier molecular flexibility index (Phi) is 5.60. The number of hydrogen-bond acceptors (Lipinski definition) is 4. The van der Waals surface area contributed by atoms with Crippen LogP contribution in [0.4, 0.5) is 0 Å². The van der Waals surface area contributed by atoms with Crippen molar-refractivity contribution in [3.8, 4) is 0 Å². The quantitative estimate of drug-likeness (QED) is 0.708. The average molecular weight is 439 g/mol. The van der Waals surface area contributed by atoms with Crippen molar-refractivity contribution >= 4 is 27.7 Å². The van der Waals surface area contributed by atoms with E-state index in [1.807, 2.05) is 4.90 Å². The lowest BCUT2D eigenvalue weighted by molar-refractivity contribution is -0.149. The summed E-state index contributed by atoms with van der Waals surface area (Å²) in [7, 11) is 0. The summed E-state index contributed by atoms with van der Waals surface area (Å²) in [5, 5.41) is 0. The number of piperidine rings is 2. The molecule has 0 bridgehead atoms. The van der Waals surface area contributed by atoms with E-state index in [4.69, 9.17) is 9.15 Å². The molecule has 2 amide bonds. The standard InChI is InChI=1S/C20H27BrN2O4/c21-16-6-5-15(27-16)18(24)23-12-4-7-20(8-13-26-14-9-20)17(23)19(25)22-10-2-1-3-11-22/h5-6,17H,1-4,7-14H2. The van der Waals surface area contributed by atoms with Gasteiger partial charge < -0.3 is 19.0 Å². The van der Waals surface area contributed by atoms with Crippen molar-refractivity contribution < 1.29 is 18.7 Å². The number of likely N-dealkylation sites (tertiary alicyclic amines) is 2. The summed E-state index contributed by atoms with van der Waals surface area (Å²) in [6, 6.07) is 2.99. The van der Waals surface area contributed by atoms with E-state index in [1.54, 1.807) is 17.0 Å². The zero-order chi connectivity index (χ0) is 18.9. The molecule has 0 aromatic carbocycles. The topological polar surface area (TPSA) is 63.0 Å². The SMILES string of the molecule is O=C(C1N(C(=O)c2ccc(Br)o2)CCCC12CCOCC2)N1CCCCC1. The van der Waals surface area contributed by atoms with Gasteiger partial charge in [0.1, 0.15) is 6.04 Å². The summed E-state index contributed by atoms with van der Waals surface area (Å²) in [5.74, 6) is 0.235. The lowest BCUT2D eigenvalue weighted by atomic mass is 9.67. The van der Waals surface area contributed by atoms with Gasteiger partial charge in [-0.25, -0.2) is 0 Å². The van der Waals surface area contributed by atoms with Crippen LogP contribution in [0.3, 0.4) is 0 Å². The fourth-order valence-electron chi connectivity index (χ4n) is 4.97. The molecule has 1 unspecified atom stereocenters. The maximum atomic E-state index is 13.6.